The molecule has 1 saturated heterocycles. The molecule has 1 fully saturated rings. The van der Waals surface area contributed by atoms with Crippen molar-refractivity contribution in [2.75, 3.05) is 24.2 Å². The molecule has 0 radical (unpaired) electrons. The van der Waals surface area contributed by atoms with Crippen LogP contribution in [0.1, 0.15) is 70.4 Å². The lowest BCUT2D eigenvalue weighted by atomic mass is 9.92. The van der Waals surface area contributed by atoms with Gasteiger partial charge in [-0.05, 0) is 41.7 Å². The first kappa shape index (κ1) is 21.2. The minimum Gasteiger partial charge on any atom is -0.357 e. The van der Waals surface area contributed by atoms with Crippen LogP contribution >= 0.6 is 24.0 Å². The van der Waals surface area contributed by atoms with Gasteiger partial charge in [-0.3, -0.25) is 4.79 Å². The standard InChI is InChI=1S/C21H32N2OS2/c1-14(2)17-7-6-8-18(15(3)4)20(17)22-19(24)13-26-21(25)23-11-9-16(5)10-12-23/h6-8,14-16H,9-13H2,1-5H3,(H,22,24). The Morgan fingerprint density at radius 2 is 1.73 bits per heavy atom. The van der Waals surface area contributed by atoms with E-state index in [0.29, 0.717) is 17.6 Å². The Balaban J connectivity index is 1.98. The summed E-state index contributed by atoms with van der Waals surface area (Å²) in [7, 11) is 0. The van der Waals surface area contributed by atoms with Crippen molar-refractivity contribution in [1.82, 2.24) is 4.90 Å². The fourth-order valence-electron chi connectivity index (χ4n) is 3.28. The third-order valence-electron chi connectivity index (χ3n) is 5.01. The van der Waals surface area contributed by atoms with Gasteiger partial charge < -0.3 is 10.2 Å². The summed E-state index contributed by atoms with van der Waals surface area (Å²) in [5.41, 5.74) is 3.38. The van der Waals surface area contributed by atoms with Gasteiger partial charge in [-0.1, -0.05) is 76.8 Å². The molecule has 0 spiro atoms. The summed E-state index contributed by atoms with van der Waals surface area (Å²) in [4.78, 5) is 14.8. The number of amides is 1. The SMILES string of the molecule is CC1CCN(C(=S)SCC(=O)Nc2c(C(C)C)cccc2C(C)C)CC1. The molecule has 1 amide bonds. The van der Waals surface area contributed by atoms with E-state index in [1.54, 1.807) is 0 Å². The van der Waals surface area contributed by atoms with Gasteiger partial charge in [0.1, 0.15) is 4.32 Å². The number of rotatable bonds is 5. The monoisotopic (exact) mass is 392 g/mol. The molecular weight excluding hydrogens is 360 g/mol. The van der Waals surface area contributed by atoms with E-state index in [9.17, 15) is 4.79 Å². The van der Waals surface area contributed by atoms with Gasteiger partial charge in [0.05, 0.1) is 5.75 Å². The van der Waals surface area contributed by atoms with Crippen molar-refractivity contribution in [2.45, 2.75) is 59.3 Å². The third kappa shape index (κ3) is 5.71. The first-order valence-corrected chi connectivity index (χ1v) is 11.0. The predicted octanol–water partition coefficient (Wildman–Crippen LogP) is 5.62. The van der Waals surface area contributed by atoms with E-state index in [1.165, 1.54) is 35.7 Å². The van der Waals surface area contributed by atoms with Crippen molar-refractivity contribution >= 4 is 39.9 Å². The summed E-state index contributed by atoms with van der Waals surface area (Å²) in [5, 5.41) is 3.17. The first-order chi connectivity index (χ1) is 12.3. The molecule has 2 rings (SSSR count). The average Bonchev–Trinajstić information content (AvgIpc) is 2.60. The second kappa shape index (κ2) is 9.75. The van der Waals surface area contributed by atoms with Gasteiger partial charge in [0, 0.05) is 18.8 Å². The highest BCUT2D eigenvalue weighted by molar-refractivity contribution is 8.23. The number of likely N-dealkylation sites (tertiary alicyclic amines) is 1. The topological polar surface area (TPSA) is 32.3 Å². The van der Waals surface area contributed by atoms with Crippen molar-refractivity contribution in [2.24, 2.45) is 5.92 Å². The largest absolute Gasteiger partial charge is 0.357 e. The maximum Gasteiger partial charge on any atom is 0.234 e. The van der Waals surface area contributed by atoms with Crippen LogP contribution in [0.15, 0.2) is 18.2 Å². The van der Waals surface area contributed by atoms with E-state index in [1.807, 2.05) is 0 Å². The molecule has 1 N–H and O–H groups in total. The lowest BCUT2D eigenvalue weighted by Gasteiger charge is -2.31. The Labute approximate surface area is 168 Å². The summed E-state index contributed by atoms with van der Waals surface area (Å²) < 4.78 is 0.855. The smallest absolute Gasteiger partial charge is 0.234 e. The summed E-state index contributed by atoms with van der Waals surface area (Å²) in [5.74, 6) is 1.91. The number of thioether (sulfide) groups is 1. The molecule has 0 aliphatic carbocycles. The number of anilines is 1. The average molecular weight is 393 g/mol. The van der Waals surface area contributed by atoms with Crippen LogP contribution in [0.4, 0.5) is 5.69 Å². The van der Waals surface area contributed by atoms with Crippen LogP contribution in [0.3, 0.4) is 0 Å². The molecule has 144 valence electrons. The highest BCUT2D eigenvalue weighted by Gasteiger charge is 2.20. The van der Waals surface area contributed by atoms with Crippen LogP contribution in [0.5, 0.6) is 0 Å². The molecule has 0 bridgehead atoms. The maximum atomic E-state index is 12.6. The van der Waals surface area contributed by atoms with Gasteiger partial charge in [-0.15, -0.1) is 0 Å². The Kier molecular flexibility index (Phi) is 7.96. The number of carbonyl (C=O) groups is 1. The number of carbonyl (C=O) groups excluding carboxylic acids is 1. The van der Waals surface area contributed by atoms with Crippen LogP contribution in [0, 0.1) is 5.92 Å². The van der Waals surface area contributed by atoms with Gasteiger partial charge in [0.15, 0.2) is 0 Å². The lowest BCUT2D eigenvalue weighted by molar-refractivity contribution is -0.113. The van der Waals surface area contributed by atoms with E-state index >= 15 is 0 Å². The van der Waals surface area contributed by atoms with Gasteiger partial charge in [-0.25, -0.2) is 0 Å². The quantitative estimate of drug-likeness (QED) is 0.659. The van der Waals surface area contributed by atoms with Crippen LogP contribution in [0.25, 0.3) is 0 Å². The zero-order valence-electron chi connectivity index (χ0n) is 16.7. The molecule has 0 aromatic heterocycles. The number of thiocarbonyl (C=S) groups is 1. The molecule has 1 aliphatic heterocycles. The molecule has 1 aliphatic rings. The van der Waals surface area contributed by atoms with Crippen molar-refractivity contribution < 1.29 is 4.79 Å². The molecule has 5 heteroatoms. The Morgan fingerprint density at radius 1 is 1.19 bits per heavy atom. The first-order valence-electron chi connectivity index (χ1n) is 9.64. The fourth-order valence-corrected chi connectivity index (χ4v) is 4.33. The number of hydrogen-bond donors (Lipinski definition) is 1. The minimum atomic E-state index is 0.0257. The van der Waals surface area contributed by atoms with Crippen molar-refractivity contribution in [3.63, 3.8) is 0 Å². The Hall–Kier alpha value is -1.07. The highest BCUT2D eigenvalue weighted by atomic mass is 32.2. The van der Waals surface area contributed by atoms with Crippen molar-refractivity contribution in [1.29, 1.82) is 0 Å². The molecule has 0 unspecified atom stereocenters. The normalized spacial score (nSPS) is 15.6. The molecule has 1 aromatic carbocycles. The predicted molar refractivity (Wildman–Crippen MR) is 118 cm³/mol. The van der Waals surface area contributed by atoms with Crippen molar-refractivity contribution in [3.05, 3.63) is 29.3 Å². The molecule has 26 heavy (non-hydrogen) atoms. The minimum absolute atomic E-state index is 0.0257. The maximum absolute atomic E-state index is 12.6. The summed E-state index contributed by atoms with van der Waals surface area (Å²) in [6.45, 7) is 13.0. The van der Waals surface area contributed by atoms with E-state index < -0.39 is 0 Å². The Morgan fingerprint density at radius 3 is 2.23 bits per heavy atom. The fraction of sp³-hybridized carbons (Fsp3) is 0.619. The van der Waals surface area contributed by atoms with E-state index in [0.717, 1.165) is 29.0 Å². The summed E-state index contributed by atoms with van der Waals surface area (Å²) in [6.07, 6.45) is 2.37. The third-order valence-corrected chi connectivity index (χ3v) is 6.53. The second-order valence-electron chi connectivity index (χ2n) is 7.89. The molecular formula is C21H32N2OS2. The second-order valence-corrected chi connectivity index (χ2v) is 9.50. The van der Waals surface area contributed by atoms with E-state index in [2.05, 4.69) is 63.0 Å². The number of hydrogen-bond acceptors (Lipinski definition) is 3. The number of benzene rings is 1. The number of para-hydroxylation sites is 1. The van der Waals surface area contributed by atoms with Gasteiger partial charge >= 0.3 is 0 Å². The molecule has 1 aromatic rings. The van der Waals surface area contributed by atoms with Crippen molar-refractivity contribution in [3.8, 4) is 0 Å². The van der Waals surface area contributed by atoms with Gasteiger partial charge in [-0.2, -0.15) is 0 Å². The van der Waals surface area contributed by atoms with E-state index in [-0.39, 0.29) is 5.91 Å². The lowest BCUT2D eigenvalue weighted by Crippen LogP contribution is -2.36. The van der Waals surface area contributed by atoms with E-state index in [4.69, 9.17) is 12.2 Å². The molecule has 3 nitrogen and oxygen atoms in total. The number of nitrogens with one attached hydrogen (secondary N) is 1. The van der Waals surface area contributed by atoms with Crippen LogP contribution in [-0.4, -0.2) is 34.0 Å². The number of nitrogens with zero attached hydrogens (tertiary/aromatic N) is 1. The van der Waals surface area contributed by atoms with Crippen LogP contribution in [0.2, 0.25) is 0 Å². The number of piperidine rings is 1. The molecule has 0 atom stereocenters. The summed E-state index contributed by atoms with van der Waals surface area (Å²) >= 11 is 7.02. The van der Waals surface area contributed by atoms with Gasteiger partial charge in [0.2, 0.25) is 5.91 Å². The Bertz CT molecular complexity index is 609. The van der Waals surface area contributed by atoms with Crippen LogP contribution < -0.4 is 5.32 Å². The molecule has 1 heterocycles. The van der Waals surface area contributed by atoms with Gasteiger partial charge in [0.25, 0.3) is 0 Å². The summed E-state index contributed by atoms with van der Waals surface area (Å²) in [6, 6.07) is 6.30. The zero-order chi connectivity index (χ0) is 19.3. The molecule has 0 saturated carbocycles. The van der Waals surface area contributed by atoms with Crippen LogP contribution in [-0.2, 0) is 4.79 Å². The highest BCUT2D eigenvalue weighted by Crippen LogP contribution is 2.32. The zero-order valence-corrected chi connectivity index (χ0v) is 18.3.